The van der Waals surface area contributed by atoms with E-state index in [9.17, 15) is 9.90 Å². The summed E-state index contributed by atoms with van der Waals surface area (Å²) in [5.41, 5.74) is -0.531. The predicted molar refractivity (Wildman–Crippen MR) is 76.7 cm³/mol. The molecule has 0 aliphatic carbocycles. The Morgan fingerprint density at radius 1 is 1.50 bits per heavy atom. The van der Waals surface area contributed by atoms with Gasteiger partial charge in [-0.1, -0.05) is 0 Å². The van der Waals surface area contributed by atoms with Gasteiger partial charge in [-0.25, -0.2) is 0 Å². The molecule has 5 heteroatoms. The van der Waals surface area contributed by atoms with Crippen LogP contribution in [0.1, 0.15) is 43.6 Å². The molecule has 0 bridgehead atoms. The number of rotatable bonds is 3. The largest absolute Gasteiger partial charge is 0.460 e. The van der Waals surface area contributed by atoms with Gasteiger partial charge in [-0.05, 0) is 56.6 Å². The number of aliphatic hydroxyl groups is 1. The predicted octanol–water partition coefficient (Wildman–Crippen LogP) is 3.83. The van der Waals surface area contributed by atoms with Crippen molar-refractivity contribution in [2.24, 2.45) is 5.92 Å². The van der Waals surface area contributed by atoms with E-state index in [0.717, 1.165) is 14.2 Å². The van der Waals surface area contributed by atoms with Crippen molar-refractivity contribution in [2.45, 2.75) is 46.3 Å². The Morgan fingerprint density at radius 3 is 2.44 bits per heavy atom. The van der Waals surface area contributed by atoms with E-state index >= 15 is 0 Å². The normalized spacial score (nSPS) is 15.3. The standard InChI is InChI=1S/C13H19BrO3S/c1-7(12(16)17-13(3,4)5)11(15)10-6-9(14)8(2)18-10/h6-7,11,15H,1-5H3. The molecule has 0 spiro atoms. The fourth-order valence-corrected chi connectivity index (χ4v) is 3.05. The molecule has 0 aliphatic rings. The second kappa shape index (κ2) is 5.72. The number of thiophene rings is 1. The SMILES string of the molecule is Cc1sc(C(O)C(C)C(=O)OC(C)(C)C)cc1Br. The fraction of sp³-hybridized carbons (Fsp3) is 0.615. The molecule has 0 saturated carbocycles. The van der Waals surface area contributed by atoms with Crippen LogP contribution in [0.5, 0.6) is 0 Å². The van der Waals surface area contributed by atoms with E-state index in [1.165, 1.54) is 11.3 Å². The van der Waals surface area contributed by atoms with Crippen molar-refractivity contribution < 1.29 is 14.6 Å². The smallest absolute Gasteiger partial charge is 0.312 e. The highest BCUT2D eigenvalue weighted by Crippen LogP contribution is 2.34. The van der Waals surface area contributed by atoms with Crippen LogP contribution in [0.3, 0.4) is 0 Å². The lowest BCUT2D eigenvalue weighted by Crippen LogP contribution is -2.30. The van der Waals surface area contributed by atoms with Gasteiger partial charge in [0.25, 0.3) is 0 Å². The summed E-state index contributed by atoms with van der Waals surface area (Å²) in [4.78, 5) is 13.7. The van der Waals surface area contributed by atoms with Crippen molar-refractivity contribution in [2.75, 3.05) is 0 Å². The van der Waals surface area contributed by atoms with Gasteiger partial charge in [-0.3, -0.25) is 4.79 Å². The topological polar surface area (TPSA) is 46.5 Å². The zero-order valence-electron chi connectivity index (χ0n) is 11.3. The Labute approximate surface area is 120 Å². The number of hydrogen-bond donors (Lipinski definition) is 1. The summed E-state index contributed by atoms with van der Waals surface area (Å²) in [7, 11) is 0. The minimum absolute atomic E-state index is 0.378. The molecule has 0 aliphatic heterocycles. The van der Waals surface area contributed by atoms with Crippen LogP contribution in [0.15, 0.2) is 10.5 Å². The molecule has 2 atom stereocenters. The Kier molecular flexibility index (Phi) is 4.98. The average molecular weight is 335 g/mol. The summed E-state index contributed by atoms with van der Waals surface area (Å²) < 4.78 is 6.23. The first-order valence-corrected chi connectivity index (χ1v) is 7.39. The van der Waals surface area contributed by atoms with Crippen molar-refractivity contribution in [3.05, 3.63) is 20.3 Å². The average Bonchev–Trinajstić information content (AvgIpc) is 2.54. The molecule has 1 aromatic heterocycles. The molecule has 0 radical (unpaired) electrons. The van der Waals surface area contributed by atoms with E-state index in [2.05, 4.69) is 15.9 Å². The van der Waals surface area contributed by atoms with Crippen LogP contribution >= 0.6 is 27.3 Å². The van der Waals surface area contributed by atoms with Gasteiger partial charge < -0.3 is 9.84 Å². The summed E-state index contributed by atoms with van der Waals surface area (Å²) in [6.45, 7) is 9.09. The van der Waals surface area contributed by atoms with E-state index in [1.54, 1.807) is 6.92 Å². The first-order chi connectivity index (χ1) is 8.11. The van der Waals surface area contributed by atoms with Crippen LogP contribution in [-0.4, -0.2) is 16.7 Å². The van der Waals surface area contributed by atoms with Crippen LogP contribution in [0.25, 0.3) is 0 Å². The van der Waals surface area contributed by atoms with Crippen LogP contribution in [0.4, 0.5) is 0 Å². The lowest BCUT2D eigenvalue weighted by molar-refractivity contribution is -0.163. The van der Waals surface area contributed by atoms with Gasteiger partial charge in [0.2, 0.25) is 0 Å². The summed E-state index contributed by atoms with van der Waals surface area (Å²) >= 11 is 4.88. The number of aryl methyl sites for hydroxylation is 1. The molecule has 0 saturated heterocycles. The van der Waals surface area contributed by atoms with Crippen LogP contribution in [0, 0.1) is 12.8 Å². The number of ether oxygens (including phenoxy) is 1. The highest BCUT2D eigenvalue weighted by atomic mass is 79.9. The molecule has 0 fully saturated rings. The quantitative estimate of drug-likeness (QED) is 0.854. The van der Waals surface area contributed by atoms with Crippen molar-refractivity contribution in [1.29, 1.82) is 0 Å². The minimum Gasteiger partial charge on any atom is -0.460 e. The molecule has 1 rings (SSSR count). The van der Waals surface area contributed by atoms with Gasteiger partial charge >= 0.3 is 5.97 Å². The summed E-state index contributed by atoms with van der Waals surface area (Å²) in [5.74, 6) is -0.952. The number of hydrogen-bond acceptors (Lipinski definition) is 4. The van der Waals surface area contributed by atoms with Gasteiger partial charge in [0.15, 0.2) is 0 Å². The van der Waals surface area contributed by atoms with Gasteiger partial charge in [0.1, 0.15) is 11.7 Å². The molecule has 1 N–H and O–H groups in total. The second-order valence-electron chi connectivity index (χ2n) is 5.32. The maximum Gasteiger partial charge on any atom is 0.312 e. The highest BCUT2D eigenvalue weighted by molar-refractivity contribution is 9.10. The van der Waals surface area contributed by atoms with Crippen LogP contribution in [0.2, 0.25) is 0 Å². The minimum atomic E-state index is -0.824. The van der Waals surface area contributed by atoms with Crippen molar-refractivity contribution in [1.82, 2.24) is 0 Å². The molecule has 3 nitrogen and oxygen atoms in total. The molecular weight excluding hydrogens is 316 g/mol. The van der Waals surface area contributed by atoms with Gasteiger partial charge in [-0.2, -0.15) is 0 Å². The van der Waals surface area contributed by atoms with Crippen molar-refractivity contribution in [3.8, 4) is 0 Å². The zero-order chi connectivity index (χ0) is 14.1. The molecule has 102 valence electrons. The summed E-state index contributed by atoms with van der Waals surface area (Å²) in [6.07, 6.45) is -0.824. The monoisotopic (exact) mass is 334 g/mol. The van der Waals surface area contributed by atoms with Crippen LogP contribution in [-0.2, 0) is 9.53 Å². The molecule has 0 amide bonds. The maximum absolute atomic E-state index is 11.9. The summed E-state index contributed by atoms with van der Waals surface area (Å²) in [5, 5.41) is 10.2. The first-order valence-electron chi connectivity index (χ1n) is 5.78. The first kappa shape index (κ1) is 15.7. The molecule has 0 aromatic carbocycles. The van der Waals surface area contributed by atoms with Crippen molar-refractivity contribution in [3.63, 3.8) is 0 Å². The Bertz CT molecular complexity index is 414. The third-order valence-corrected chi connectivity index (χ3v) is 4.63. The zero-order valence-corrected chi connectivity index (χ0v) is 13.7. The number of carbonyl (C=O) groups excluding carboxylic acids is 1. The fourth-order valence-electron chi connectivity index (χ4n) is 1.40. The van der Waals surface area contributed by atoms with E-state index < -0.39 is 17.6 Å². The van der Waals surface area contributed by atoms with Gasteiger partial charge in [0, 0.05) is 14.2 Å². The van der Waals surface area contributed by atoms with E-state index in [1.807, 2.05) is 33.8 Å². The number of halogens is 1. The number of esters is 1. The third kappa shape index (κ3) is 4.07. The van der Waals surface area contributed by atoms with Gasteiger partial charge in [0.05, 0.1) is 5.92 Å². The Hall–Kier alpha value is -0.390. The lowest BCUT2D eigenvalue weighted by Gasteiger charge is -2.24. The van der Waals surface area contributed by atoms with Gasteiger partial charge in [-0.15, -0.1) is 11.3 Å². The summed E-state index contributed by atoms with van der Waals surface area (Å²) in [6, 6.07) is 1.85. The number of carbonyl (C=O) groups is 1. The highest BCUT2D eigenvalue weighted by Gasteiger charge is 2.29. The molecular formula is C13H19BrO3S. The van der Waals surface area contributed by atoms with E-state index in [4.69, 9.17) is 4.74 Å². The maximum atomic E-state index is 11.9. The Morgan fingerprint density at radius 2 is 2.06 bits per heavy atom. The van der Waals surface area contributed by atoms with E-state index in [0.29, 0.717) is 0 Å². The molecule has 18 heavy (non-hydrogen) atoms. The third-order valence-electron chi connectivity index (χ3n) is 2.42. The number of aliphatic hydroxyl groups excluding tert-OH is 1. The molecule has 1 aromatic rings. The molecule has 2 unspecified atom stereocenters. The van der Waals surface area contributed by atoms with E-state index in [-0.39, 0.29) is 5.97 Å². The second-order valence-corrected chi connectivity index (χ2v) is 7.46. The van der Waals surface area contributed by atoms with Crippen LogP contribution < -0.4 is 0 Å². The lowest BCUT2D eigenvalue weighted by atomic mass is 10.0. The Balaban J connectivity index is 2.77. The molecule has 1 heterocycles. The van der Waals surface area contributed by atoms with Crippen molar-refractivity contribution >= 4 is 33.2 Å².